The standard InChI is InChI=1S/C10H12N6O/c11-8-7-9(15-10(12)14-8)16(4-13-7)5-1-2-6(17)3-5/h1-2,4-6,17H,3H2,(H4,11,12,14,15)/t5?,6-/m1/s1. The third-order valence-corrected chi connectivity index (χ3v) is 2.86. The molecule has 3 rings (SSSR count). The van der Waals surface area contributed by atoms with E-state index in [9.17, 15) is 5.11 Å². The molecular weight excluding hydrogens is 220 g/mol. The van der Waals surface area contributed by atoms with Crippen LogP contribution in [0.15, 0.2) is 18.5 Å². The zero-order chi connectivity index (χ0) is 12.0. The van der Waals surface area contributed by atoms with E-state index in [1.807, 2.05) is 10.6 Å². The highest BCUT2D eigenvalue weighted by Gasteiger charge is 2.21. The third-order valence-electron chi connectivity index (χ3n) is 2.86. The van der Waals surface area contributed by atoms with Crippen molar-refractivity contribution in [3.8, 4) is 0 Å². The van der Waals surface area contributed by atoms with Crippen molar-refractivity contribution in [1.29, 1.82) is 0 Å². The molecule has 0 aromatic carbocycles. The Hall–Kier alpha value is -2.15. The Bertz CT molecular complexity index is 604. The van der Waals surface area contributed by atoms with Gasteiger partial charge >= 0.3 is 0 Å². The first kappa shape index (κ1) is 10.0. The number of rotatable bonds is 1. The molecule has 7 heteroatoms. The number of nitrogens with zero attached hydrogens (tertiary/aromatic N) is 4. The number of anilines is 2. The lowest BCUT2D eigenvalue weighted by atomic mass is 10.2. The lowest BCUT2D eigenvalue weighted by Crippen LogP contribution is -2.09. The Balaban J connectivity index is 2.15. The molecule has 1 aliphatic rings. The summed E-state index contributed by atoms with van der Waals surface area (Å²) in [7, 11) is 0. The molecule has 17 heavy (non-hydrogen) atoms. The van der Waals surface area contributed by atoms with E-state index in [4.69, 9.17) is 11.5 Å². The lowest BCUT2D eigenvalue weighted by molar-refractivity contribution is 0.211. The zero-order valence-corrected chi connectivity index (χ0v) is 8.98. The molecule has 0 radical (unpaired) electrons. The van der Waals surface area contributed by atoms with Gasteiger partial charge in [0.25, 0.3) is 0 Å². The summed E-state index contributed by atoms with van der Waals surface area (Å²) in [5.41, 5.74) is 12.4. The second kappa shape index (κ2) is 3.42. The largest absolute Gasteiger partial charge is 0.389 e. The van der Waals surface area contributed by atoms with Gasteiger partial charge in [0.2, 0.25) is 5.95 Å². The molecule has 0 aliphatic heterocycles. The fourth-order valence-corrected chi connectivity index (χ4v) is 2.07. The number of aliphatic hydroxyl groups is 1. The van der Waals surface area contributed by atoms with Gasteiger partial charge in [0.15, 0.2) is 11.5 Å². The maximum absolute atomic E-state index is 9.48. The molecule has 0 amide bonds. The summed E-state index contributed by atoms with van der Waals surface area (Å²) >= 11 is 0. The third kappa shape index (κ3) is 1.51. The topological polar surface area (TPSA) is 116 Å². The molecule has 1 aliphatic carbocycles. The van der Waals surface area contributed by atoms with E-state index in [0.717, 1.165) is 0 Å². The number of hydrogen-bond acceptors (Lipinski definition) is 6. The van der Waals surface area contributed by atoms with Crippen LogP contribution in [-0.4, -0.2) is 30.7 Å². The van der Waals surface area contributed by atoms with Crippen LogP contribution in [0, 0.1) is 0 Å². The van der Waals surface area contributed by atoms with Crippen molar-refractivity contribution in [1.82, 2.24) is 19.5 Å². The molecule has 0 spiro atoms. The SMILES string of the molecule is Nc1nc(N)c2ncn(C3C=C[C@@H](O)C3)c2n1. The number of aliphatic hydroxyl groups excluding tert-OH is 1. The summed E-state index contributed by atoms with van der Waals surface area (Å²) in [6.45, 7) is 0. The van der Waals surface area contributed by atoms with Crippen molar-refractivity contribution < 1.29 is 5.11 Å². The molecule has 0 fully saturated rings. The minimum Gasteiger partial charge on any atom is -0.389 e. The van der Waals surface area contributed by atoms with Crippen LogP contribution >= 0.6 is 0 Å². The normalized spacial score (nSPS) is 23.6. The molecule has 2 atom stereocenters. The van der Waals surface area contributed by atoms with Gasteiger partial charge in [-0.05, 0) is 0 Å². The van der Waals surface area contributed by atoms with Gasteiger partial charge in [-0.25, -0.2) is 4.98 Å². The van der Waals surface area contributed by atoms with Gasteiger partial charge in [-0.3, -0.25) is 0 Å². The number of allylic oxidation sites excluding steroid dienone is 1. The van der Waals surface area contributed by atoms with Gasteiger partial charge < -0.3 is 21.1 Å². The van der Waals surface area contributed by atoms with Crippen LogP contribution < -0.4 is 11.5 Å². The van der Waals surface area contributed by atoms with Crippen molar-refractivity contribution in [2.75, 3.05) is 11.5 Å². The van der Waals surface area contributed by atoms with Gasteiger partial charge in [0.05, 0.1) is 18.5 Å². The Morgan fingerprint density at radius 1 is 1.29 bits per heavy atom. The molecule has 2 aromatic rings. The van der Waals surface area contributed by atoms with E-state index >= 15 is 0 Å². The molecular formula is C10H12N6O. The average Bonchev–Trinajstić information content (AvgIpc) is 2.83. The lowest BCUT2D eigenvalue weighted by Gasteiger charge is -2.11. The fraction of sp³-hybridized carbons (Fsp3) is 0.300. The monoisotopic (exact) mass is 232 g/mol. The molecule has 0 saturated carbocycles. The molecule has 2 aromatic heterocycles. The van der Waals surface area contributed by atoms with Crippen molar-refractivity contribution >= 4 is 22.9 Å². The molecule has 88 valence electrons. The van der Waals surface area contributed by atoms with Gasteiger partial charge in [-0.15, -0.1) is 0 Å². The molecule has 0 bridgehead atoms. The van der Waals surface area contributed by atoms with Crippen LogP contribution in [0.3, 0.4) is 0 Å². The molecule has 0 saturated heterocycles. The number of imidazole rings is 1. The van der Waals surface area contributed by atoms with E-state index in [0.29, 0.717) is 17.6 Å². The van der Waals surface area contributed by atoms with E-state index in [-0.39, 0.29) is 17.8 Å². The average molecular weight is 232 g/mol. The summed E-state index contributed by atoms with van der Waals surface area (Å²) in [5.74, 6) is 0.396. The zero-order valence-electron chi connectivity index (χ0n) is 8.98. The quantitative estimate of drug-likeness (QED) is 0.589. The highest BCUT2D eigenvalue weighted by Crippen LogP contribution is 2.27. The van der Waals surface area contributed by atoms with Crippen LogP contribution in [0.1, 0.15) is 12.5 Å². The first-order valence-electron chi connectivity index (χ1n) is 5.27. The van der Waals surface area contributed by atoms with Crippen molar-refractivity contribution in [2.24, 2.45) is 0 Å². The van der Waals surface area contributed by atoms with Crippen molar-refractivity contribution in [2.45, 2.75) is 18.6 Å². The van der Waals surface area contributed by atoms with Gasteiger partial charge in [-0.1, -0.05) is 12.2 Å². The minimum atomic E-state index is -0.422. The van der Waals surface area contributed by atoms with Crippen LogP contribution in [0.2, 0.25) is 0 Å². The van der Waals surface area contributed by atoms with Crippen LogP contribution in [0.5, 0.6) is 0 Å². The maximum Gasteiger partial charge on any atom is 0.224 e. The van der Waals surface area contributed by atoms with Gasteiger partial charge in [0, 0.05) is 6.42 Å². The fourth-order valence-electron chi connectivity index (χ4n) is 2.07. The number of hydrogen-bond donors (Lipinski definition) is 3. The number of nitrogens with two attached hydrogens (primary N) is 2. The Morgan fingerprint density at radius 3 is 2.82 bits per heavy atom. The molecule has 2 heterocycles. The van der Waals surface area contributed by atoms with Crippen LogP contribution in [0.4, 0.5) is 11.8 Å². The summed E-state index contributed by atoms with van der Waals surface area (Å²) < 4.78 is 1.84. The summed E-state index contributed by atoms with van der Waals surface area (Å²) in [5, 5.41) is 9.48. The smallest absolute Gasteiger partial charge is 0.224 e. The van der Waals surface area contributed by atoms with Gasteiger partial charge in [-0.2, -0.15) is 9.97 Å². The summed E-state index contributed by atoms with van der Waals surface area (Å²) in [4.78, 5) is 12.2. The molecule has 1 unspecified atom stereocenters. The predicted octanol–water partition coefficient (Wildman–Crippen LogP) is -0.147. The van der Waals surface area contributed by atoms with Crippen molar-refractivity contribution in [3.63, 3.8) is 0 Å². The predicted molar refractivity (Wildman–Crippen MR) is 62.9 cm³/mol. The van der Waals surface area contributed by atoms with Gasteiger partial charge in [0.1, 0.15) is 5.52 Å². The first-order chi connectivity index (χ1) is 8.15. The molecule has 5 N–H and O–H groups in total. The minimum absolute atomic E-state index is 0.0312. The maximum atomic E-state index is 9.48. The number of nitrogen functional groups attached to an aromatic ring is 2. The second-order valence-corrected chi connectivity index (χ2v) is 4.05. The molecule has 7 nitrogen and oxygen atoms in total. The Labute approximate surface area is 96.8 Å². The van der Waals surface area contributed by atoms with E-state index in [1.54, 1.807) is 12.4 Å². The van der Waals surface area contributed by atoms with Crippen molar-refractivity contribution in [3.05, 3.63) is 18.5 Å². The second-order valence-electron chi connectivity index (χ2n) is 4.05. The Kier molecular flexibility index (Phi) is 2.02. The summed E-state index contributed by atoms with van der Waals surface area (Å²) in [6, 6.07) is 0.0312. The first-order valence-corrected chi connectivity index (χ1v) is 5.27. The van der Waals surface area contributed by atoms with E-state index in [2.05, 4.69) is 15.0 Å². The Morgan fingerprint density at radius 2 is 2.12 bits per heavy atom. The van der Waals surface area contributed by atoms with E-state index in [1.165, 1.54) is 0 Å². The number of fused-ring (bicyclic) bond motifs is 1. The summed E-state index contributed by atoms with van der Waals surface area (Å²) in [6.07, 6.45) is 5.50. The highest BCUT2D eigenvalue weighted by molar-refractivity contribution is 5.82. The van der Waals surface area contributed by atoms with Crippen LogP contribution in [-0.2, 0) is 0 Å². The van der Waals surface area contributed by atoms with Crippen LogP contribution in [0.25, 0.3) is 11.2 Å². The van der Waals surface area contributed by atoms with E-state index < -0.39 is 6.10 Å². The highest BCUT2D eigenvalue weighted by atomic mass is 16.3. The number of aromatic nitrogens is 4.